The van der Waals surface area contributed by atoms with Gasteiger partial charge < -0.3 is 29.8 Å². The van der Waals surface area contributed by atoms with Crippen molar-refractivity contribution in [3.8, 4) is 0 Å². The molecular weight excluding hydrogens is 313 g/mol. The molecule has 1 aliphatic carbocycles. The van der Waals surface area contributed by atoms with Crippen LogP contribution in [-0.4, -0.2) is 41.3 Å². The fourth-order valence-electron chi connectivity index (χ4n) is 2.63. The lowest BCUT2D eigenvalue weighted by atomic mass is 10.1. The highest BCUT2D eigenvalue weighted by Crippen LogP contribution is 2.41. The molecule has 2 heterocycles. The van der Waals surface area contributed by atoms with Crippen molar-refractivity contribution in [2.24, 2.45) is 0 Å². The number of hydrogen-bond donors (Lipinski definition) is 4. The molecule has 0 fully saturated rings. The Morgan fingerprint density at radius 2 is 2.36 bits per heavy atom. The number of rotatable bonds is 3. The van der Waals surface area contributed by atoms with Crippen LogP contribution in [0.5, 0.6) is 0 Å². The molecule has 2 aromatic rings. The number of imidazole rings is 1. The van der Waals surface area contributed by atoms with Crippen LogP contribution in [-0.2, 0) is 4.57 Å². The smallest absolute Gasteiger partial charge is 0.280 e. The third-order valence-corrected chi connectivity index (χ3v) is 4.42. The van der Waals surface area contributed by atoms with Crippen LogP contribution in [0.25, 0.3) is 11.2 Å². The van der Waals surface area contributed by atoms with Crippen LogP contribution in [0.2, 0.25) is 0 Å². The fraction of sp³-hybridized carbons (Fsp3) is 0.364. The Hall–Kier alpha value is -2.00. The first kappa shape index (κ1) is 14.9. The van der Waals surface area contributed by atoms with Gasteiger partial charge in [0.15, 0.2) is 11.2 Å². The minimum Gasteiger partial charge on any atom is -0.779 e. The monoisotopic (exact) mass is 326 g/mol. The molecule has 118 valence electrons. The van der Waals surface area contributed by atoms with Gasteiger partial charge >= 0.3 is 0 Å². The number of fused-ring (bicyclic) bond motifs is 1. The highest BCUT2D eigenvalue weighted by Gasteiger charge is 2.36. The second-order valence-corrected chi connectivity index (χ2v) is 6.90. The molecule has 1 unspecified atom stereocenters. The van der Waals surface area contributed by atoms with Crippen molar-refractivity contribution < 1.29 is 19.5 Å². The number of nitrogens with one attached hydrogen (secondary N) is 1. The lowest BCUT2D eigenvalue weighted by molar-refractivity contribution is -0.195. The standard InChI is InChI=1S/C11H14N5O5P/c12-10-14-8-7(9(17)15-10)13-5-16(8)6-1-2-11(18,3-6)4-22(19,20)21/h1-2,5-6,18H,3-4H2,(H2,19,20,21)(H3,12,14,15,17)/p-1/t6-,11-/m0/s1. The molecule has 3 atom stereocenters. The fourth-order valence-corrected chi connectivity index (χ4v) is 3.56. The van der Waals surface area contributed by atoms with Crippen LogP contribution in [0.1, 0.15) is 12.5 Å². The molecule has 22 heavy (non-hydrogen) atoms. The van der Waals surface area contributed by atoms with Crippen LogP contribution < -0.4 is 16.2 Å². The Morgan fingerprint density at radius 1 is 1.64 bits per heavy atom. The van der Waals surface area contributed by atoms with Gasteiger partial charge in [-0.05, 0) is 0 Å². The number of allylic oxidation sites excluding steroid dienone is 1. The number of H-pyrrole nitrogens is 1. The second-order valence-electron chi connectivity index (χ2n) is 5.30. The summed E-state index contributed by atoms with van der Waals surface area (Å²) in [5.74, 6) is -0.0732. The number of aliphatic hydroxyl groups is 1. The van der Waals surface area contributed by atoms with E-state index >= 15 is 0 Å². The summed E-state index contributed by atoms with van der Waals surface area (Å²) >= 11 is 0. The third-order valence-electron chi connectivity index (χ3n) is 3.47. The topological polar surface area (TPSA) is 170 Å². The lowest BCUT2D eigenvalue weighted by Gasteiger charge is -2.27. The maximum atomic E-state index is 11.7. The van der Waals surface area contributed by atoms with E-state index in [9.17, 15) is 19.4 Å². The zero-order valence-corrected chi connectivity index (χ0v) is 12.1. The van der Waals surface area contributed by atoms with Crippen LogP contribution in [0, 0.1) is 0 Å². The van der Waals surface area contributed by atoms with Gasteiger partial charge in [0, 0.05) is 12.6 Å². The number of hydrogen-bond acceptors (Lipinski definition) is 7. The minimum atomic E-state index is -4.61. The zero-order chi connectivity index (χ0) is 16.1. The first-order valence-electron chi connectivity index (χ1n) is 6.34. The molecule has 0 amide bonds. The Kier molecular flexibility index (Phi) is 3.22. The summed E-state index contributed by atoms with van der Waals surface area (Å²) in [6, 6.07) is -0.463. The first-order chi connectivity index (χ1) is 10.2. The van der Waals surface area contributed by atoms with E-state index in [4.69, 9.17) is 10.6 Å². The van der Waals surface area contributed by atoms with Gasteiger partial charge in [0.05, 0.1) is 18.0 Å². The summed E-state index contributed by atoms with van der Waals surface area (Å²) in [6.45, 7) is 0. The number of nitrogens with two attached hydrogens (primary N) is 1. The highest BCUT2D eigenvalue weighted by atomic mass is 31.2. The summed E-state index contributed by atoms with van der Waals surface area (Å²) in [6.07, 6.45) is 3.45. The molecule has 3 rings (SSSR count). The zero-order valence-electron chi connectivity index (χ0n) is 11.2. The van der Waals surface area contributed by atoms with Gasteiger partial charge in [0.2, 0.25) is 5.95 Å². The van der Waals surface area contributed by atoms with E-state index in [0.29, 0.717) is 0 Å². The SMILES string of the molecule is Nc1nc2c(ncn2[C@H]2C=C[C@@](O)(CP(=O)([O-])O)C2)c(=O)[nH]1. The Labute approximate surface area is 123 Å². The molecule has 0 aromatic carbocycles. The maximum absolute atomic E-state index is 11.7. The molecule has 10 nitrogen and oxygen atoms in total. The molecular formula is C11H13N5O5P-. The van der Waals surface area contributed by atoms with Crippen LogP contribution in [0.15, 0.2) is 23.3 Å². The minimum absolute atomic E-state index is 0.000363. The summed E-state index contributed by atoms with van der Waals surface area (Å²) in [7, 11) is -4.61. The van der Waals surface area contributed by atoms with Gasteiger partial charge in [-0.1, -0.05) is 12.2 Å². The first-order valence-corrected chi connectivity index (χ1v) is 8.10. The summed E-state index contributed by atoms with van der Waals surface area (Å²) < 4.78 is 12.5. The number of nitrogen functional groups attached to an aromatic ring is 1. The quantitative estimate of drug-likeness (QED) is 0.389. The number of anilines is 1. The average Bonchev–Trinajstić information content (AvgIpc) is 2.90. The van der Waals surface area contributed by atoms with Crippen molar-refractivity contribution in [3.63, 3.8) is 0 Å². The van der Waals surface area contributed by atoms with E-state index < -0.39 is 31.0 Å². The molecule has 5 N–H and O–H groups in total. The van der Waals surface area contributed by atoms with Gasteiger partial charge in [-0.2, -0.15) is 4.98 Å². The van der Waals surface area contributed by atoms with Gasteiger partial charge in [0.1, 0.15) is 7.60 Å². The van der Waals surface area contributed by atoms with E-state index in [1.165, 1.54) is 17.0 Å². The van der Waals surface area contributed by atoms with E-state index in [1.807, 2.05) is 0 Å². The van der Waals surface area contributed by atoms with Crippen LogP contribution >= 0.6 is 7.60 Å². The summed E-state index contributed by atoms with van der Waals surface area (Å²) in [5, 5.41) is 10.2. The molecule has 0 spiro atoms. The van der Waals surface area contributed by atoms with E-state index in [-0.39, 0.29) is 23.5 Å². The van der Waals surface area contributed by atoms with Gasteiger partial charge in [-0.3, -0.25) is 9.78 Å². The van der Waals surface area contributed by atoms with Crippen molar-refractivity contribution in [2.75, 3.05) is 11.9 Å². The van der Waals surface area contributed by atoms with Gasteiger partial charge in [0.25, 0.3) is 5.56 Å². The summed E-state index contributed by atoms with van der Waals surface area (Å²) in [5.41, 5.74) is 3.66. The predicted octanol–water partition coefficient (Wildman–Crippen LogP) is -1.52. The molecule has 11 heteroatoms. The maximum Gasteiger partial charge on any atom is 0.280 e. The summed E-state index contributed by atoms with van der Waals surface area (Å²) in [4.78, 5) is 41.9. The lowest BCUT2D eigenvalue weighted by Crippen LogP contribution is -2.31. The van der Waals surface area contributed by atoms with Crippen molar-refractivity contribution in [1.29, 1.82) is 0 Å². The predicted molar refractivity (Wildman–Crippen MR) is 75.0 cm³/mol. The molecule has 0 saturated heterocycles. The van der Waals surface area contributed by atoms with E-state index in [0.717, 1.165) is 0 Å². The van der Waals surface area contributed by atoms with Crippen molar-refractivity contribution in [1.82, 2.24) is 19.5 Å². The van der Waals surface area contributed by atoms with Crippen LogP contribution in [0.4, 0.5) is 5.95 Å². The normalized spacial score (nSPS) is 27.3. The number of aromatic nitrogens is 4. The molecule has 1 aliphatic rings. The van der Waals surface area contributed by atoms with Crippen molar-refractivity contribution in [2.45, 2.75) is 18.1 Å². The van der Waals surface area contributed by atoms with Crippen molar-refractivity contribution in [3.05, 3.63) is 28.8 Å². The van der Waals surface area contributed by atoms with Crippen molar-refractivity contribution >= 4 is 24.7 Å². The van der Waals surface area contributed by atoms with E-state index in [1.54, 1.807) is 6.08 Å². The van der Waals surface area contributed by atoms with Gasteiger partial charge in [-0.25, -0.2) is 4.98 Å². The third kappa shape index (κ3) is 2.69. The molecule has 0 aliphatic heterocycles. The molecule has 0 saturated carbocycles. The number of nitrogens with zero attached hydrogens (tertiary/aromatic N) is 3. The largest absolute Gasteiger partial charge is 0.779 e. The van der Waals surface area contributed by atoms with Crippen LogP contribution in [0.3, 0.4) is 0 Å². The molecule has 2 aromatic heterocycles. The Bertz CT molecular complexity index is 867. The molecule has 0 bridgehead atoms. The van der Waals surface area contributed by atoms with E-state index in [2.05, 4.69) is 15.0 Å². The number of aromatic amines is 1. The average molecular weight is 326 g/mol. The second kappa shape index (κ2) is 4.75. The highest BCUT2D eigenvalue weighted by molar-refractivity contribution is 7.50. The van der Waals surface area contributed by atoms with Gasteiger partial charge in [-0.15, -0.1) is 0 Å². The Morgan fingerprint density at radius 3 is 3.05 bits per heavy atom. The Balaban J connectivity index is 1.96. The molecule has 0 radical (unpaired) electrons.